The van der Waals surface area contributed by atoms with E-state index in [4.69, 9.17) is 15.0 Å². The number of amides is 1. The Morgan fingerprint density at radius 1 is 1.29 bits per heavy atom. The normalized spacial score (nSPS) is 34.8. The first kappa shape index (κ1) is 16.1. The predicted octanol–water partition coefficient (Wildman–Crippen LogP) is 1.97. The summed E-state index contributed by atoms with van der Waals surface area (Å²) in [7, 11) is 0. The summed E-state index contributed by atoms with van der Waals surface area (Å²) in [5.41, 5.74) is 5.40. The Kier molecular flexibility index (Phi) is 2.84. The molecule has 10 heteroatoms. The summed E-state index contributed by atoms with van der Waals surface area (Å²) in [6.07, 6.45) is 0.694. The third kappa shape index (κ3) is 1.81. The molecule has 3 fully saturated rings. The molecule has 2 aromatic rings. The molecule has 146 valence electrons. The smallest absolute Gasteiger partial charge is 0.416 e. The summed E-state index contributed by atoms with van der Waals surface area (Å²) in [5, 5.41) is 6.71. The molecule has 4 heterocycles. The van der Waals surface area contributed by atoms with E-state index in [1.165, 1.54) is 23.3 Å². The first-order valence-electron chi connectivity index (χ1n) is 9.15. The van der Waals surface area contributed by atoms with Gasteiger partial charge in [-0.2, -0.15) is 0 Å². The second-order valence-corrected chi connectivity index (χ2v) is 7.92. The van der Waals surface area contributed by atoms with E-state index < -0.39 is 29.5 Å². The van der Waals surface area contributed by atoms with Crippen molar-refractivity contribution in [2.45, 2.75) is 24.7 Å². The van der Waals surface area contributed by atoms with E-state index in [0.29, 0.717) is 36.3 Å². The Bertz CT molecular complexity index is 993. The van der Waals surface area contributed by atoms with Crippen molar-refractivity contribution in [2.24, 2.45) is 17.6 Å². The molecule has 2 saturated heterocycles. The Balaban J connectivity index is 1.33. The lowest BCUT2D eigenvalue weighted by molar-refractivity contribution is 0.0490. The van der Waals surface area contributed by atoms with Crippen molar-refractivity contribution >= 4 is 23.3 Å². The summed E-state index contributed by atoms with van der Waals surface area (Å²) in [6.45, 7) is 2.82. The van der Waals surface area contributed by atoms with Crippen LogP contribution in [0.1, 0.15) is 12.5 Å². The van der Waals surface area contributed by atoms with Crippen LogP contribution in [-0.2, 0) is 10.5 Å². The van der Waals surface area contributed by atoms with E-state index in [1.807, 2.05) is 0 Å². The molecule has 0 radical (unpaired) electrons. The van der Waals surface area contributed by atoms with Crippen LogP contribution in [0.2, 0.25) is 0 Å². The quantitative estimate of drug-likeness (QED) is 0.811. The van der Waals surface area contributed by atoms with E-state index in [-0.39, 0.29) is 17.4 Å². The Morgan fingerprint density at radius 2 is 1.96 bits per heavy atom. The van der Waals surface area contributed by atoms with Crippen molar-refractivity contribution < 1.29 is 22.8 Å². The number of carbonyl (C=O) groups is 1. The summed E-state index contributed by atoms with van der Waals surface area (Å²) in [4.78, 5) is 15.4. The highest BCUT2D eigenvalue weighted by atomic mass is 19.1. The molecular weight excluding hydrogens is 372 g/mol. The number of nitrogens with one attached hydrogen (secondary N) is 1. The molecule has 1 aromatic heterocycles. The zero-order valence-electron chi connectivity index (χ0n) is 14.9. The van der Waals surface area contributed by atoms with Crippen molar-refractivity contribution in [1.82, 2.24) is 5.16 Å². The van der Waals surface area contributed by atoms with Gasteiger partial charge in [0.2, 0.25) is 5.72 Å². The maximum absolute atomic E-state index is 14.9. The van der Waals surface area contributed by atoms with Crippen LogP contribution in [0.4, 0.5) is 30.8 Å². The molecule has 1 aliphatic carbocycles. The zero-order chi connectivity index (χ0) is 19.4. The van der Waals surface area contributed by atoms with E-state index >= 15 is 0 Å². The van der Waals surface area contributed by atoms with Crippen molar-refractivity contribution in [2.75, 3.05) is 28.2 Å². The first-order chi connectivity index (χ1) is 13.4. The number of ether oxygens (including phenoxy) is 1. The van der Waals surface area contributed by atoms with Crippen molar-refractivity contribution in [3.63, 3.8) is 0 Å². The van der Waals surface area contributed by atoms with Gasteiger partial charge in [0.05, 0.1) is 5.69 Å². The van der Waals surface area contributed by atoms with Gasteiger partial charge in [0, 0.05) is 31.3 Å². The lowest BCUT2D eigenvalue weighted by Gasteiger charge is -2.39. The lowest BCUT2D eigenvalue weighted by Crippen LogP contribution is -2.53. The van der Waals surface area contributed by atoms with E-state index in [1.54, 1.807) is 11.8 Å². The van der Waals surface area contributed by atoms with Crippen LogP contribution in [0, 0.1) is 23.5 Å². The minimum atomic E-state index is -1.13. The Labute approximate surface area is 158 Å². The van der Waals surface area contributed by atoms with E-state index in [2.05, 4.69) is 10.5 Å². The fraction of sp³-hybridized carbons (Fsp3) is 0.444. The number of benzene rings is 1. The molecule has 2 unspecified atom stereocenters. The fourth-order valence-electron chi connectivity index (χ4n) is 4.87. The lowest BCUT2D eigenvalue weighted by atomic mass is 9.91. The Morgan fingerprint density at radius 3 is 2.61 bits per heavy atom. The number of hydrogen-bond donors (Lipinski definition) is 2. The van der Waals surface area contributed by atoms with Crippen molar-refractivity contribution in [3.8, 4) is 0 Å². The number of nitrogens with zero attached hydrogens (tertiary/aromatic N) is 3. The molecule has 1 saturated carbocycles. The second kappa shape index (κ2) is 4.93. The van der Waals surface area contributed by atoms with Crippen LogP contribution in [0.15, 0.2) is 22.9 Å². The van der Waals surface area contributed by atoms with E-state index in [9.17, 15) is 13.6 Å². The molecule has 5 atom stereocenters. The van der Waals surface area contributed by atoms with Crippen LogP contribution in [0.3, 0.4) is 0 Å². The fourth-order valence-corrected chi connectivity index (χ4v) is 4.87. The molecular formula is C18H17F2N5O3. The minimum absolute atomic E-state index is 0.0684. The van der Waals surface area contributed by atoms with Crippen LogP contribution >= 0.6 is 0 Å². The molecule has 4 aliphatic rings. The number of halogens is 2. The monoisotopic (exact) mass is 389 g/mol. The molecule has 0 bridgehead atoms. The third-order valence-electron chi connectivity index (χ3n) is 6.55. The van der Waals surface area contributed by atoms with Gasteiger partial charge in [0.25, 0.3) is 0 Å². The van der Waals surface area contributed by atoms with Crippen molar-refractivity contribution in [1.29, 1.82) is 0 Å². The van der Waals surface area contributed by atoms with Gasteiger partial charge >= 0.3 is 6.09 Å². The standard InChI is InChI=1S/C18H17F2N5O3/c1-7-18(11-6-27-23-16(11)22-18)28-17(26)25(7)8-2-12(19)15(13(20)3-8)24-4-9-10(5-24)14(9)21/h2-3,6-7,9-10,14H,4-5,21H2,1H3,(H,22,23)/t7?,9-,10+,14?,18-/m1/s1. The predicted molar refractivity (Wildman–Crippen MR) is 93.8 cm³/mol. The average Bonchev–Trinajstić information content (AvgIpc) is 3.03. The maximum Gasteiger partial charge on any atom is 0.417 e. The Hall–Kier alpha value is -2.88. The number of carbonyl (C=O) groups excluding carboxylic acids is 1. The van der Waals surface area contributed by atoms with Gasteiger partial charge in [0.15, 0.2) is 17.5 Å². The van der Waals surface area contributed by atoms with Gasteiger partial charge in [-0.05, 0) is 18.8 Å². The SMILES string of the molecule is CC1N(c2cc(F)c(N3C[C@@H]4C(N)[C@@H]4C3)c(F)c2)C(=O)O[C@]12Nc1nocc12. The number of aromatic nitrogens is 1. The van der Waals surface area contributed by atoms with Crippen LogP contribution in [0.5, 0.6) is 0 Å². The minimum Gasteiger partial charge on any atom is -0.416 e. The number of rotatable bonds is 2. The molecule has 1 amide bonds. The highest BCUT2D eigenvalue weighted by Gasteiger charge is 2.62. The van der Waals surface area contributed by atoms with Crippen LogP contribution in [0.25, 0.3) is 0 Å². The largest absolute Gasteiger partial charge is 0.417 e. The summed E-state index contributed by atoms with van der Waals surface area (Å²) >= 11 is 0. The highest BCUT2D eigenvalue weighted by molar-refractivity contribution is 5.93. The molecule has 3 aliphatic heterocycles. The number of nitrogens with two attached hydrogens (primary N) is 1. The maximum atomic E-state index is 14.9. The number of piperidine rings is 1. The van der Waals surface area contributed by atoms with E-state index in [0.717, 1.165) is 0 Å². The number of fused-ring (bicyclic) bond motifs is 3. The van der Waals surface area contributed by atoms with Crippen LogP contribution < -0.4 is 20.9 Å². The van der Waals surface area contributed by atoms with Gasteiger partial charge < -0.3 is 25.2 Å². The molecule has 1 spiro atoms. The molecule has 28 heavy (non-hydrogen) atoms. The summed E-state index contributed by atoms with van der Waals surface area (Å²) in [6, 6.07) is 1.92. The van der Waals surface area contributed by atoms with Gasteiger partial charge in [-0.15, -0.1) is 0 Å². The molecule has 8 nitrogen and oxygen atoms in total. The van der Waals surface area contributed by atoms with Gasteiger partial charge in [0.1, 0.15) is 23.6 Å². The third-order valence-corrected chi connectivity index (χ3v) is 6.55. The first-order valence-corrected chi connectivity index (χ1v) is 9.15. The number of hydrogen-bond acceptors (Lipinski definition) is 7. The van der Waals surface area contributed by atoms with Crippen LogP contribution in [-0.4, -0.2) is 36.4 Å². The summed E-state index contributed by atoms with van der Waals surface area (Å²) in [5.74, 6) is -0.333. The van der Waals surface area contributed by atoms with Gasteiger partial charge in [-0.1, -0.05) is 5.16 Å². The average molecular weight is 389 g/mol. The second-order valence-electron chi connectivity index (χ2n) is 7.92. The highest BCUT2D eigenvalue weighted by Crippen LogP contribution is 2.51. The zero-order valence-corrected chi connectivity index (χ0v) is 14.9. The molecule has 6 rings (SSSR count). The number of anilines is 3. The van der Waals surface area contributed by atoms with Crippen molar-refractivity contribution in [3.05, 3.63) is 35.6 Å². The topological polar surface area (TPSA) is 96.9 Å². The summed E-state index contributed by atoms with van der Waals surface area (Å²) < 4.78 is 40.1. The molecule has 1 aromatic carbocycles. The molecule has 3 N–H and O–H groups in total. The van der Waals surface area contributed by atoms with Gasteiger partial charge in [-0.25, -0.2) is 13.6 Å². The van der Waals surface area contributed by atoms with Gasteiger partial charge in [-0.3, -0.25) is 4.90 Å².